The Morgan fingerprint density at radius 2 is 0.976 bits per heavy atom. The van der Waals surface area contributed by atoms with E-state index in [0.717, 1.165) is 39.2 Å². The highest BCUT2D eigenvalue weighted by molar-refractivity contribution is 6.10. The van der Waals surface area contributed by atoms with E-state index < -0.39 is 0 Å². The number of hydrogen-bond donors (Lipinski definition) is 0. The Balaban J connectivity index is 1.53. The van der Waals surface area contributed by atoms with Crippen LogP contribution in [-0.2, 0) is 0 Å². The van der Waals surface area contributed by atoms with E-state index in [1.54, 1.807) is 0 Å². The van der Waals surface area contributed by atoms with Crippen molar-refractivity contribution in [2.45, 2.75) is 0 Å². The second kappa shape index (κ2) is 9.62. The van der Waals surface area contributed by atoms with Gasteiger partial charge in [-0.15, -0.1) is 0 Å². The molecule has 0 N–H and O–H groups in total. The van der Waals surface area contributed by atoms with Gasteiger partial charge in [-0.25, -0.2) is 4.52 Å². The summed E-state index contributed by atoms with van der Waals surface area (Å²) in [6.07, 6.45) is 0. The minimum atomic E-state index is 0.983. The molecule has 0 saturated carbocycles. The zero-order valence-electron chi connectivity index (χ0n) is 22.4. The van der Waals surface area contributed by atoms with E-state index in [-0.39, 0.29) is 0 Å². The second-order valence-electron chi connectivity index (χ2n) is 10.5. The minimum absolute atomic E-state index is 0.983. The maximum atomic E-state index is 5.41. The molecule has 2 heteroatoms. The molecule has 0 aliphatic heterocycles. The van der Waals surface area contributed by atoms with Crippen LogP contribution in [0.2, 0.25) is 0 Å². The van der Waals surface area contributed by atoms with Crippen LogP contribution in [0.1, 0.15) is 0 Å². The molecule has 2 nitrogen and oxygen atoms in total. The Morgan fingerprint density at radius 1 is 0.390 bits per heavy atom. The Morgan fingerprint density at radius 3 is 1.71 bits per heavy atom. The molecule has 0 radical (unpaired) electrons. The lowest BCUT2D eigenvalue weighted by Gasteiger charge is -2.12. The van der Waals surface area contributed by atoms with Crippen molar-refractivity contribution >= 4 is 27.1 Å². The first-order valence-electron chi connectivity index (χ1n) is 14.0. The quantitative estimate of drug-likeness (QED) is 0.225. The molecule has 192 valence electrons. The summed E-state index contributed by atoms with van der Waals surface area (Å²) in [5, 5.41) is 10.2. The summed E-state index contributed by atoms with van der Waals surface area (Å²) >= 11 is 0. The topological polar surface area (TPSA) is 17.3 Å². The zero-order chi connectivity index (χ0) is 27.2. The normalized spacial score (nSPS) is 11.4. The molecule has 8 aromatic rings. The lowest BCUT2D eigenvalue weighted by molar-refractivity contribution is 0.980. The second-order valence-corrected chi connectivity index (χ2v) is 10.5. The van der Waals surface area contributed by atoms with E-state index in [2.05, 4.69) is 162 Å². The van der Waals surface area contributed by atoms with Gasteiger partial charge in [0, 0.05) is 22.1 Å². The average Bonchev–Trinajstić information content (AvgIpc) is 3.46. The molecule has 0 fully saturated rings. The number of pyridine rings is 1. The number of fused-ring (bicyclic) bond motifs is 4. The van der Waals surface area contributed by atoms with Crippen LogP contribution in [0.4, 0.5) is 0 Å². The van der Waals surface area contributed by atoms with E-state index >= 15 is 0 Å². The van der Waals surface area contributed by atoms with Gasteiger partial charge in [-0.2, -0.15) is 5.10 Å². The summed E-state index contributed by atoms with van der Waals surface area (Å²) < 4.78 is 2.17. The summed E-state index contributed by atoms with van der Waals surface area (Å²) in [5.41, 5.74) is 10.1. The van der Waals surface area contributed by atoms with Gasteiger partial charge in [-0.05, 0) is 51.0 Å². The van der Waals surface area contributed by atoms with Crippen molar-refractivity contribution in [1.82, 2.24) is 9.61 Å². The van der Waals surface area contributed by atoms with Crippen LogP contribution in [0.15, 0.2) is 158 Å². The molecule has 0 aliphatic rings. The van der Waals surface area contributed by atoms with E-state index in [9.17, 15) is 0 Å². The molecular weight excluding hydrogens is 496 g/mol. The van der Waals surface area contributed by atoms with Gasteiger partial charge < -0.3 is 0 Å². The fourth-order valence-corrected chi connectivity index (χ4v) is 5.98. The van der Waals surface area contributed by atoms with Gasteiger partial charge in [0.05, 0.1) is 11.2 Å². The van der Waals surface area contributed by atoms with Crippen molar-refractivity contribution in [2.75, 3.05) is 0 Å². The molecule has 2 heterocycles. The maximum Gasteiger partial charge on any atom is 0.101 e. The fraction of sp³-hybridized carbons (Fsp3) is 0. The molecule has 8 rings (SSSR count). The number of nitrogens with zero attached hydrogens (tertiary/aromatic N) is 2. The van der Waals surface area contributed by atoms with E-state index in [4.69, 9.17) is 5.10 Å². The van der Waals surface area contributed by atoms with Crippen LogP contribution in [-0.4, -0.2) is 9.61 Å². The first kappa shape index (κ1) is 23.4. The van der Waals surface area contributed by atoms with Gasteiger partial charge in [-0.1, -0.05) is 140 Å². The van der Waals surface area contributed by atoms with Gasteiger partial charge in [0.2, 0.25) is 0 Å². The largest absolute Gasteiger partial charge is 0.231 e. The molecule has 0 saturated heterocycles. The van der Waals surface area contributed by atoms with Gasteiger partial charge in [0.15, 0.2) is 0 Å². The Bertz CT molecular complexity index is 2180. The minimum Gasteiger partial charge on any atom is -0.231 e. The first-order chi connectivity index (χ1) is 20.3. The monoisotopic (exact) mass is 522 g/mol. The van der Waals surface area contributed by atoms with Crippen LogP contribution in [0.5, 0.6) is 0 Å². The van der Waals surface area contributed by atoms with Crippen molar-refractivity contribution in [1.29, 1.82) is 0 Å². The first-order valence-corrected chi connectivity index (χ1v) is 14.0. The van der Waals surface area contributed by atoms with Gasteiger partial charge in [0.25, 0.3) is 0 Å². The zero-order valence-corrected chi connectivity index (χ0v) is 22.4. The van der Waals surface area contributed by atoms with Crippen molar-refractivity contribution in [2.24, 2.45) is 0 Å². The van der Waals surface area contributed by atoms with E-state index in [1.165, 1.54) is 32.7 Å². The predicted molar refractivity (Wildman–Crippen MR) is 172 cm³/mol. The number of rotatable bonds is 4. The van der Waals surface area contributed by atoms with Crippen LogP contribution in [0, 0.1) is 0 Å². The average molecular weight is 523 g/mol. The Hall–Kier alpha value is -5.47. The molecule has 0 amide bonds. The third-order valence-corrected chi connectivity index (χ3v) is 7.98. The molecule has 0 spiro atoms. The SMILES string of the molecule is c1ccc(-c2ccc3cc(-c4ccccc4)n4nc(-c5ccc6ccccc6c5)c(-c5ccccc5)c4c3c2)cc1. The molecule has 41 heavy (non-hydrogen) atoms. The third-order valence-electron chi connectivity index (χ3n) is 7.98. The Labute approximate surface area is 238 Å². The Kier molecular flexibility index (Phi) is 5.49. The van der Waals surface area contributed by atoms with Crippen LogP contribution in [0.25, 0.3) is 71.8 Å². The van der Waals surface area contributed by atoms with Crippen LogP contribution < -0.4 is 0 Å². The molecule has 6 aromatic carbocycles. The molecule has 2 aromatic heterocycles. The summed E-state index contributed by atoms with van der Waals surface area (Å²) in [6.45, 7) is 0. The molecule has 0 atom stereocenters. The van der Waals surface area contributed by atoms with Crippen molar-refractivity contribution in [3.63, 3.8) is 0 Å². The number of hydrogen-bond acceptors (Lipinski definition) is 1. The van der Waals surface area contributed by atoms with Crippen LogP contribution in [0.3, 0.4) is 0 Å². The highest BCUT2D eigenvalue weighted by Crippen LogP contribution is 2.42. The molecule has 0 bridgehead atoms. The maximum absolute atomic E-state index is 5.41. The van der Waals surface area contributed by atoms with Crippen molar-refractivity contribution in [3.05, 3.63) is 158 Å². The van der Waals surface area contributed by atoms with Gasteiger partial charge in [-0.3, -0.25) is 0 Å². The van der Waals surface area contributed by atoms with Gasteiger partial charge in [0.1, 0.15) is 5.69 Å². The summed E-state index contributed by atoms with van der Waals surface area (Å²) in [4.78, 5) is 0. The molecule has 0 unspecified atom stereocenters. The number of aromatic nitrogens is 2. The predicted octanol–water partition coefficient (Wildman–Crippen LogP) is 10.3. The number of benzene rings is 6. The highest BCUT2D eigenvalue weighted by atomic mass is 15.2. The highest BCUT2D eigenvalue weighted by Gasteiger charge is 2.22. The van der Waals surface area contributed by atoms with Crippen molar-refractivity contribution in [3.8, 4) is 44.8 Å². The van der Waals surface area contributed by atoms with Crippen LogP contribution >= 0.6 is 0 Å². The lowest BCUT2D eigenvalue weighted by Crippen LogP contribution is -1.96. The van der Waals surface area contributed by atoms with Crippen molar-refractivity contribution < 1.29 is 0 Å². The summed E-state index contributed by atoms with van der Waals surface area (Å²) in [5.74, 6) is 0. The summed E-state index contributed by atoms with van der Waals surface area (Å²) in [7, 11) is 0. The fourth-order valence-electron chi connectivity index (χ4n) is 5.98. The third kappa shape index (κ3) is 4.00. The van der Waals surface area contributed by atoms with Gasteiger partial charge >= 0.3 is 0 Å². The van der Waals surface area contributed by atoms with E-state index in [0.29, 0.717) is 0 Å². The lowest BCUT2D eigenvalue weighted by atomic mass is 9.94. The van der Waals surface area contributed by atoms with E-state index in [1.807, 2.05) is 0 Å². The standard InChI is InChI=1S/C39H26N2/c1-4-12-27(13-5-1)32-21-22-33-26-36(29-15-6-2-7-16-29)41-39(35(33)25-32)37(30-17-8-3-9-18-30)38(40-41)34-23-20-28-14-10-11-19-31(28)24-34/h1-26H. The smallest absolute Gasteiger partial charge is 0.101 e. The molecular formula is C39H26N2. The molecule has 0 aliphatic carbocycles. The summed E-state index contributed by atoms with van der Waals surface area (Å²) in [6, 6.07) is 56.2.